The monoisotopic (exact) mass is 304 g/mol. The summed E-state index contributed by atoms with van der Waals surface area (Å²) < 4.78 is 0.858. The Balaban J connectivity index is 2.09. The van der Waals surface area contributed by atoms with Crippen LogP contribution in [0, 0.1) is 5.92 Å². The first-order valence-corrected chi connectivity index (χ1v) is 7.31. The van der Waals surface area contributed by atoms with Crippen LogP contribution in [-0.4, -0.2) is 22.2 Å². The molecule has 1 heterocycles. The van der Waals surface area contributed by atoms with Crippen molar-refractivity contribution in [2.24, 2.45) is 5.92 Å². The molecule has 1 saturated carbocycles. The van der Waals surface area contributed by atoms with Crippen LogP contribution in [0.2, 0.25) is 0 Å². The van der Waals surface area contributed by atoms with Gasteiger partial charge in [-0.25, -0.2) is 4.98 Å². The minimum absolute atomic E-state index is 0.158. The molecular formula is C11H17BrN2OS. The van der Waals surface area contributed by atoms with E-state index in [1.807, 2.05) is 5.38 Å². The number of anilines is 1. The second-order valence-electron chi connectivity index (χ2n) is 4.74. The van der Waals surface area contributed by atoms with Crippen molar-refractivity contribution in [3.63, 3.8) is 0 Å². The van der Waals surface area contributed by atoms with Gasteiger partial charge in [-0.2, -0.15) is 0 Å². The van der Waals surface area contributed by atoms with Gasteiger partial charge in [0.15, 0.2) is 5.13 Å². The van der Waals surface area contributed by atoms with Gasteiger partial charge >= 0.3 is 0 Å². The van der Waals surface area contributed by atoms with Crippen LogP contribution >= 0.6 is 27.3 Å². The Labute approximate surface area is 108 Å². The van der Waals surface area contributed by atoms with Crippen molar-refractivity contribution in [1.82, 2.24) is 4.98 Å². The maximum absolute atomic E-state index is 9.63. The molecule has 0 bridgehead atoms. The van der Waals surface area contributed by atoms with Gasteiger partial charge in [-0.1, -0.05) is 19.8 Å². The summed E-state index contributed by atoms with van der Waals surface area (Å²) >= 11 is 4.92. The molecule has 3 nitrogen and oxygen atoms in total. The SMILES string of the molecule is CC1CCCC(CO)(Nc2nc(Br)cs2)C1. The highest BCUT2D eigenvalue weighted by Crippen LogP contribution is 2.35. The zero-order valence-corrected chi connectivity index (χ0v) is 11.8. The summed E-state index contributed by atoms with van der Waals surface area (Å²) in [5.74, 6) is 0.678. The molecular weight excluding hydrogens is 288 g/mol. The van der Waals surface area contributed by atoms with Gasteiger partial charge in [0.25, 0.3) is 0 Å². The molecule has 0 radical (unpaired) electrons. The van der Waals surface area contributed by atoms with Crippen LogP contribution in [0.15, 0.2) is 9.98 Å². The fourth-order valence-electron chi connectivity index (χ4n) is 2.50. The maximum Gasteiger partial charge on any atom is 0.184 e. The van der Waals surface area contributed by atoms with E-state index in [0.717, 1.165) is 22.6 Å². The molecule has 1 aromatic heterocycles. The van der Waals surface area contributed by atoms with Gasteiger partial charge in [-0.05, 0) is 34.7 Å². The van der Waals surface area contributed by atoms with Gasteiger partial charge in [-0.3, -0.25) is 0 Å². The molecule has 0 amide bonds. The number of hydrogen-bond acceptors (Lipinski definition) is 4. The Morgan fingerprint density at radius 1 is 1.75 bits per heavy atom. The van der Waals surface area contributed by atoms with Crippen LogP contribution in [0.3, 0.4) is 0 Å². The van der Waals surface area contributed by atoms with Crippen LogP contribution in [0.25, 0.3) is 0 Å². The molecule has 5 heteroatoms. The van der Waals surface area contributed by atoms with E-state index in [4.69, 9.17) is 0 Å². The van der Waals surface area contributed by atoms with Gasteiger partial charge in [-0.15, -0.1) is 11.3 Å². The van der Waals surface area contributed by atoms with Crippen molar-refractivity contribution in [1.29, 1.82) is 0 Å². The third-order valence-corrected chi connectivity index (χ3v) is 4.71. The first-order chi connectivity index (χ1) is 7.63. The molecule has 16 heavy (non-hydrogen) atoms. The van der Waals surface area contributed by atoms with E-state index in [0.29, 0.717) is 5.92 Å². The first-order valence-electron chi connectivity index (χ1n) is 5.64. The third-order valence-electron chi connectivity index (χ3n) is 3.24. The summed E-state index contributed by atoms with van der Waals surface area (Å²) in [7, 11) is 0. The maximum atomic E-state index is 9.63. The highest BCUT2D eigenvalue weighted by molar-refractivity contribution is 9.10. The average molecular weight is 305 g/mol. The van der Waals surface area contributed by atoms with Crippen LogP contribution in [0.5, 0.6) is 0 Å². The molecule has 2 rings (SSSR count). The third kappa shape index (κ3) is 2.76. The molecule has 2 N–H and O–H groups in total. The normalized spacial score (nSPS) is 30.3. The molecule has 0 aromatic carbocycles. The fourth-order valence-corrected chi connectivity index (χ4v) is 3.76. The minimum atomic E-state index is -0.158. The number of rotatable bonds is 3. The summed E-state index contributed by atoms with van der Waals surface area (Å²) in [5, 5.41) is 15.9. The Hall–Kier alpha value is -0.130. The zero-order valence-electron chi connectivity index (χ0n) is 9.37. The van der Waals surface area contributed by atoms with E-state index < -0.39 is 0 Å². The summed E-state index contributed by atoms with van der Waals surface area (Å²) in [4.78, 5) is 4.34. The van der Waals surface area contributed by atoms with Gasteiger partial charge in [0.05, 0.1) is 12.1 Å². The van der Waals surface area contributed by atoms with Crippen molar-refractivity contribution in [2.75, 3.05) is 11.9 Å². The Morgan fingerprint density at radius 3 is 3.12 bits per heavy atom. The molecule has 2 atom stereocenters. The largest absolute Gasteiger partial charge is 0.394 e. The van der Waals surface area contributed by atoms with E-state index in [-0.39, 0.29) is 12.1 Å². The number of thiazole rings is 1. The predicted molar refractivity (Wildman–Crippen MR) is 70.9 cm³/mol. The van der Waals surface area contributed by atoms with Crippen molar-refractivity contribution in [2.45, 2.75) is 38.1 Å². The summed E-state index contributed by atoms with van der Waals surface area (Å²) in [6, 6.07) is 0. The van der Waals surface area contributed by atoms with E-state index in [2.05, 4.69) is 33.2 Å². The lowest BCUT2D eigenvalue weighted by Crippen LogP contribution is -2.45. The van der Waals surface area contributed by atoms with Crippen molar-refractivity contribution < 1.29 is 5.11 Å². The molecule has 2 unspecified atom stereocenters. The number of nitrogens with zero attached hydrogens (tertiary/aromatic N) is 1. The van der Waals surface area contributed by atoms with Gasteiger partial charge in [0.2, 0.25) is 0 Å². The fraction of sp³-hybridized carbons (Fsp3) is 0.727. The standard InChI is InChI=1S/C11H17BrN2OS/c1-8-3-2-4-11(5-8,7-15)14-10-13-9(12)6-16-10/h6,8,15H,2-5,7H2,1H3,(H,13,14). The molecule has 0 aliphatic heterocycles. The van der Waals surface area contributed by atoms with Gasteiger partial charge in [0.1, 0.15) is 4.60 Å². The molecule has 1 aromatic rings. The number of halogens is 1. The van der Waals surface area contributed by atoms with Gasteiger partial charge in [0, 0.05) is 5.38 Å². The lowest BCUT2D eigenvalue weighted by molar-refractivity contribution is 0.149. The summed E-state index contributed by atoms with van der Waals surface area (Å²) in [6.07, 6.45) is 4.51. The molecule has 90 valence electrons. The van der Waals surface area contributed by atoms with Crippen LogP contribution in [0.4, 0.5) is 5.13 Å². The number of aliphatic hydroxyl groups is 1. The van der Waals surface area contributed by atoms with E-state index in [1.54, 1.807) is 11.3 Å². The quantitative estimate of drug-likeness (QED) is 0.901. The summed E-state index contributed by atoms with van der Waals surface area (Å²) in [6.45, 7) is 2.44. The molecule has 1 aliphatic rings. The number of hydrogen-bond donors (Lipinski definition) is 2. The van der Waals surface area contributed by atoms with Crippen LogP contribution in [0.1, 0.15) is 32.6 Å². The Kier molecular flexibility index (Phi) is 3.87. The second-order valence-corrected chi connectivity index (χ2v) is 6.41. The van der Waals surface area contributed by atoms with E-state index in [9.17, 15) is 5.11 Å². The Bertz CT molecular complexity index is 358. The minimum Gasteiger partial charge on any atom is -0.394 e. The topological polar surface area (TPSA) is 45.1 Å². The van der Waals surface area contributed by atoms with E-state index in [1.165, 1.54) is 12.8 Å². The van der Waals surface area contributed by atoms with Crippen molar-refractivity contribution >= 4 is 32.4 Å². The highest BCUT2D eigenvalue weighted by Gasteiger charge is 2.34. The lowest BCUT2D eigenvalue weighted by Gasteiger charge is -2.39. The van der Waals surface area contributed by atoms with Crippen molar-refractivity contribution in [3.8, 4) is 0 Å². The molecule has 0 saturated heterocycles. The lowest BCUT2D eigenvalue weighted by atomic mass is 9.77. The summed E-state index contributed by atoms with van der Waals surface area (Å²) in [5.41, 5.74) is -0.158. The van der Waals surface area contributed by atoms with Crippen LogP contribution in [-0.2, 0) is 0 Å². The number of aromatic nitrogens is 1. The highest BCUT2D eigenvalue weighted by atomic mass is 79.9. The number of nitrogens with one attached hydrogen (secondary N) is 1. The van der Waals surface area contributed by atoms with Crippen molar-refractivity contribution in [3.05, 3.63) is 9.98 Å². The smallest absolute Gasteiger partial charge is 0.184 e. The average Bonchev–Trinajstić information content (AvgIpc) is 2.64. The first kappa shape index (κ1) is 12.3. The molecule has 1 fully saturated rings. The predicted octanol–water partition coefficient (Wildman–Crippen LogP) is 3.26. The Morgan fingerprint density at radius 2 is 2.56 bits per heavy atom. The second kappa shape index (κ2) is 5.02. The van der Waals surface area contributed by atoms with E-state index >= 15 is 0 Å². The zero-order chi connectivity index (χ0) is 11.6. The number of aliphatic hydroxyl groups excluding tert-OH is 1. The van der Waals surface area contributed by atoms with Gasteiger partial charge < -0.3 is 10.4 Å². The molecule has 0 spiro atoms. The molecule has 1 aliphatic carbocycles. The van der Waals surface area contributed by atoms with Crippen LogP contribution < -0.4 is 5.32 Å².